The Morgan fingerprint density at radius 3 is 2.21 bits per heavy atom. The number of rotatable bonds is 5. The van der Waals surface area contributed by atoms with Gasteiger partial charge in [-0.25, -0.2) is 4.68 Å². The first-order valence-corrected chi connectivity index (χ1v) is 10.4. The third-order valence-corrected chi connectivity index (χ3v) is 5.49. The van der Waals surface area contributed by atoms with E-state index in [9.17, 15) is 4.79 Å². The van der Waals surface area contributed by atoms with Crippen molar-refractivity contribution in [2.45, 2.75) is 39.7 Å². The SMILES string of the molecule is Cc1cc(C)n(-c2ccc(C(=O)NCc3ccc(N4CCCCC4)cc3)cc2)n1. The van der Waals surface area contributed by atoms with Gasteiger partial charge in [0.1, 0.15) is 0 Å². The summed E-state index contributed by atoms with van der Waals surface area (Å²) in [5, 5.41) is 7.50. The Bertz CT molecular complexity index is 967. The Morgan fingerprint density at radius 2 is 1.59 bits per heavy atom. The number of carbonyl (C=O) groups is 1. The van der Waals surface area contributed by atoms with Gasteiger partial charge in [-0.2, -0.15) is 5.10 Å². The second-order valence-electron chi connectivity index (χ2n) is 7.78. The van der Waals surface area contributed by atoms with Crippen LogP contribution in [0, 0.1) is 13.8 Å². The molecule has 2 aromatic carbocycles. The maximum atomic E-state index is 12.5. The van der Waals surface area contributed by atoms with Gasteiger partial charge in [-0.05, 0) is 81.1 Å². The highest BCUT2D eigenvalue weighted by Gasteiger charge is 2.11. The van der Waals surface area contributed by atoms with Crippen LogP contribution in [0.5, 0.6) is 0 Å². The number of piperidine rings is 1. The van der Waals surface area contributed by atoms with Crippen molar-refractivity contribution in [2.75, 3.05) is 18.0 Å². The topological polar surface area (TPSA) is 50.2 Å². The van der Waals surface area contributed by atoms with Crippen LogP contribution in [0.1, 0.15) is 46.6 Å². The van der Waals surface area contributed by atoms with Crippen LogP contribution in [-0.2, 0) is 6.54 Å². The molecule has 0 atom stereocenters. The van der Waals surface area contributed by atoms with Crippen molar-refractivity contribution < 1.29 is 4.79 Å². The zero-order valence-electron chi connectivity index (χ0n) is 17.2. The fourth-order valence-corrected chi connectivity index (χ4v) is 3.91. The number of carbonyl (C=O) groups excluding carboxylic acids is 1. The number of nitrogens with one attached hydrogen (secondary N) is 1. The third kappa shape index (κ3) is 4.50. The van der Waals surface area contributed by atoms with Crippen LogP contribution in [0.2, 0.25) is 0 Å². The van der Waals surface area contributed by atoms with Gasteiger partial charge in [-0.3, -0.25) is 4.79 Å². The average molecular weight is 389 g/mol. The van der Waals surface area contributed by atoms with Gasteiger partial charge in [0.05, 0.1) is 11.4 Å². The summed E-state index contributed by atoms with van der Waals surface area (Å²) >= 11 is 0. The molecule has 1 aliphatic rings. The van der Waals surface area contributed by atoms with Crippen LogP contribution in [0.4, 0.5) is 5.69 Å². The first kappa shape index (κ1) is 19.2. The Kier molecular flexibility index (Phi) is 5.65. The van der Waals surface area contributed by atoms with E-state index in [-0.39, 0.29) is 5.91 Å². The normalized spacial score (nSPS) is 14.1. The zero-order chi connectivity index (χ0) is 20.2. The Balaban J connectivity index is 1.35. The predicted molar refractivity (Wildman–Crippen MR) is 117 cm³/mol. The van der Waals surface area contributed by atoms with Gasteiger partial charge < -0.3 is 10.2 Å². The van der Waals surface area contributed by atoms with Crippen LogP contribution in [0.3, 0.4) is 0 Å². The summed E-state index contributed by atoms with van der Waals surface area (Å²) in [5.74, 6) is -0.0648. The van der Waals surface area contributed by atoms with E-state index in [0.717, 1.165) is 35.7 Å². The maximum absolute atomic E-state index is 12.5. The fourth-order valence-electron chi connectivity index (χ4n) is 3.91. The van der Waals surface area contributed by atoms with Gasteiger partial charge in [0, 0.05) is 36.6 Å². The molecule has 0 bridgehead atoms. The molecule has 150 valence electrons. The Morgan fingerprint density at radius 1 is 0.931 bits per heavy atom. The highest BCUT2D eigenvalue weighted by molar-refractivity contribution is 5.94. The van der Waals surface area contributed by atoms with E-state index in [4.69, 9.17) is 0 Å². The van der Waals surface area contributed by atoms with Gasteiger partial charge in [-0.1, -0.05) is 12.1 Å². The number of aromatic nitrogens is 2. The number of amides is 1. The molecule has 0 radical (unpaired) electrons. The molecule has 1 amide bonds. The predicted octanol–water partition coefficient (Wildman–Crippen LogP) is 4.41. The van der Waals surface area contributed by atoms with Crippen LogP contribution in [-0.4, -0.2) is 28.8 Å². The lowest BCUT2D eigenvalue weighted by atomic mass is 10.1. The minimum atomic E-state index is -0.0648. The number of benzene rings is 2. The summed E-state index contributed by atoms with van der Waals surface area (Å²) in [6, 6.07) is 18.1. The van der Waals surface area contributed by atoms with Crippen LogP contribution >= 0.6 is 0 Å². The molecule has 1 aliphatic heterocycles. The number of hydrogen-bond donors (Lipinski definition) is 1. The summed E-state index contributed by atoms with van der Waals surface area (Å²) in [7, 11) is 0. The smallest absolute Gasteiger partial charge is 0.251 e. The molecule has 5 heteroatoms. The van der Waals surface area contributed by atoms with E-state index in [1.54, 1.807) is 0 Å². The molecule has 3 aromatic rings. The first-order valence-electron chi connectivity index (χ1n) is 10.4. The lowest BCUT2D eigenvalue weighted by molar-refractivity contribution is 0.0951. The van der Waals surface area contributed by atoms with Gasteiger partial charge in [-0.15, -0.1) is 0 Å². The fraction of sp³-hybridized carbons (Fsp3) is 0.333. The van der Waals surface area contributed by atoms with E-state index in [1.807, 2.05) is 48.9 Å². The van der Waals surface area contributed by atoms with Crippen molar-refractivity contribution in [1.82, 2.24) is 15.1 Å². The van der Waals surface area contributed by atoms with Crippen molar-refractivity contribution >= 4 is 11.6 Å². The molecule has 0 aliphatic carbocycles. The van der Waals surface area contributed by atoms with Gasteiger partial charge in [0.2, 0.25) is 0 Å². The Hall–Kier alpha value is -3.08. The Labute approximate surface area is 172 Å². The molecule has 2 heterocycles. The molecule has 1 saturated heterocycles. The van der Waals surface area contributed by atoms with Gasteiger partial charge in [0.25, 0.3) is 5.91 Å². The highest BCUT2D eigenvalue weighted by atomic mass is 16.1. The highest BCUT2D eigenvalue weighted by Crippen LogP contribution is 2.20. The summed E-state index contributed by atoms with van der Waals surface area (Å²) in [6.45, 7) is 6.81. The molecular formula is C24H28N4O. The molecule has 5 nitrogen and oxygen atoms in total. The number of nitrogens with zero attached hydrogens (tertiary/aromatic N) is 3. The molecule has 0 spiro atoms. The van der Waals surface area contributed by atoms with Crippen LogP contribution < -0.4 is 10.2 Å². The quantitative estimate of drug-likeness (QED) is 0.704. The average Bonchev–Trinajstić information content (AvgIpc) is 3.11. The molecule has 4 rings (SSSR count). The van der Waals surface area contributed by atoms with E-state index < -0.39 is 0 Å². The van der Waals surface area contributed by atoms with Crippen molar-refractivity contribution in [2.24, 2.45) is 0 Å². The van der Waals surface area contributed by atoms with E-state index in [0.29, 0.717) is 12.1 Å². The number of anilines is 1. The second-order valence-corrected chi connectivity index (χ2v) is 7.78. The largest absolute Gasteiger partial charge is 0.372 e. The standard InChI is InChI=1S/C24H28N4O/c1-18-16-19(2)28(26-18)23-12-8-21(9-13-23)24(29)25-17-20-6-10-22(11-7-20)27-14-4-3-5-15-27/h6-13,16H,3-5,14-15,17H2,1-2H3,(H,25,29). The van der Waals surface area contributed by atoms with Crippen LogP contribution in [0.25, 0.3) is 5.69 Å². The van der Waals surface area contributed by atoms with E-state index >= 15 is 0 Å². The molecule has 1 aromatic heterocycles. The summed E-state index contributed by atoms with van der Waals surface area (Å²) in [6.07, 6.45) is 3.88. The maximum Gasteiger partial charge on any atom is 0.251 e. The van der Waals surface area contributed by atoms with Crippen molar-refractivity contribution in [3.05, 3.63) is 77.1 Å². The number of aryl methyl sites for hydroxylation is 2. The van der Waals surface area contributed by atoms with Crippen molar-refractivity contribution in [3.8, 4) is 5.69 Å². The lowest BCUT2D eigenvalue weighted by Gasteiger charge is -2.28. The monoisotopic (exact) mass is 388 g/mol. The van der Waals surface area contributed by atoms with Crippen molar-refractivity contribution in [3.63, 3.8) is 0 Å². The summed E-state index contributed by atoms with van der Waals surface area (Å²) in [5.41, 5.74) is 6.06. The van der Waals surface area contributed by atoms with Gasteiger partial charge in [0.15, 0.2) is 0 Å². The van der Waals surface area contributed by atoms with Crippen molar-refractivity contribution in [1.29, 1.82) is 0 Å². The first-order chi connectivity index (χ1) is 14.1. The summed E-state index contributed by atoms with van der Waals surface area (Å²) < 4.78 is 1.89. The molecule has 1 fully saturated rings. The molecule has 0 saturated carbocycles. The molecule has 1 N–H and O–H groups in total. The molecule has 0 unspecified atom stereocenters. The third-order valence-electron chi connectivity index (χ3n) is 5.49. The minimum Gasteiger partial charge on any atom is -0.372 e. The van der Waals surface area contributed by atoms with Crippen LogP contribution in [0.15, 0.2) is 54.6 Å². The number of hydrogen-bond acceptors (Lipinski definition) is 3. The second kappa shape index (κ2) is 8.52. The lowest BCUT2D eigenvalue weighted by Crippen LogP contribution is -2.29. The van der Waals surface area contributed by atoms with E-state index in [2.05, 4.69) is 39.6 Å². The van der Waals surface area contributed by atoms with Gasteiger partial charge >= 0.3 is 0 Å². The molecular weight excluding hydrogens is 360 g/mol. The van der Waals surface area contributed by atoms with E-state index in [1.165, 1.54) is 24.9 Å². The summed E-state index contributed by atoms with van der Waals surface area (Å²) in [4.78, 5) is 15.0. The minimum absolute atomic E-state index is 0.0648. The molecule has 29 heavy (non-hydrogen) atoms. The zero-order valence-corrected chi connectivity index (χ0v) is 17.2.